The van der Waals surface area contributed by atoms with Crippen LogP contribution in [-0.2, 0) is 16.4 Å². The molecule has 0 amide bonds. The Morgan fingerprint density at radius 2 is 2.05 bits per heavy atom. The maximum absolute atomic E-state index is 12.9. The minimum Gasteiger partial charge on any atom is -0.313 e. The Kier molecular flexibility index (Phi) is 4.50. The minimum absolute atomic E-state index is 0.0908. The van der Waals surface area contributed by atoms with Gasteiger partial charge in [-0.2, -0.15) is 25.9 Å². The predicted octanol–water partition coefficient (Wildman–Crippen LogP) is 1.51. The normalized spacial score (nSPS) is 21.5. The molecule has 5 nitrogen and oxygen atoms in total. The van der Waals surface area contributed by atoms with E-state index in [0.717, 1.165) is 16.4 Å². The van der Waals surface area contributed by atoms with E-state index in [-0.39, 0.29) is 18.7 Å². The molecule has 1 aromatic carbocycles. The van der Waals surface area contributed by atoms with Crippen LogP contribution in [0.3, 0.4) is 0 Å². The van der Waals surface area contributed by atoms with E-state index in [1.807, 2.05) is 0 Å². The highest BCUT2D eigenvalue weighted by Crippen LogP contribution is 2.37. The zero-order valence-corrected chi connectivity index (χ0v) is 12.3. The van der Waals surface area contributed by atoms with Crippen molar-refractivity contribution in [1.29, 1.82) is 0 Å². The molecule has 1 atom stereocenters. The molecule has 0 aromatic heterocycles. The minimum atomic E-state index is -4.61. The third kappa shape index (κ3) is 3.67. The van der Waals surface area contributed by atoms with Crippen molar-refractivity contribution in [3.63, 3.8) is 0 Å². The second kappa shape index (κ2) is 5.73. The maximum atomic E-state index is 12.9. The topological polar surface area (TPSA) is 75.4 Å². The van der Waals surface area contributed by atoms with Gasteiger partial charge in [-0.25, -0.2) is 5.14 Å². The van der Waals surface area contributed by atoms with E-state index < -0.39 is 33.0 Å². The summed E-state index contributed by atoms with van der Waals surface area (Å²) < 4.78 is 62.7. The summed E-state index contributed by atoms with van der Waals surface area (Å²) in [5.74, 6) is 0. The van der Waals surface area contributed by atoms with Gasteiger partial charge < -0.3 is 5.32 Å². The van der Waals surface area contributed by atoms with Crippen LogP contribution in [0.4, 0.5) is 13.2 Å². The first-order chi connectivity index (χ1) is 9.60. The van der Waals surface area contributed by atoms with E-state index in [9.17, 15) is 21.6 Å². The molecule has 2 rings (SSSR count). The molecular formula is C11H13ClF3N3O2S. The maximum Gasteiger partial charge on any atom is 0.417 e. The standard InChI is InChI=1S/C11H13ClF3N3O2S/c12-9-2-1-7(5-8(9)11(13,14)15)10-6-17-3-4-18(10)21(16,19)20/h1-2,5,10,17H,3-4,6H2,(H2,16,19,20). The molecule has 0 aliphatic carbocycles. The molecule has 21 heavy (non-hydrogen) atoms. The summed E-state index contributed by atoms with van der Waals surface area (Å²) in [6.45, 7) is 0.648. The molecule has 0 saturated carbocycles. The summed E-state index contributed by atoms with van der Waals surface area (Å²) in [4.78, 5) is 0. The number of nitrogens with two attached hydrogens (primary N) is 1. The molecule has 0 radical (unpaired) electrons. The van der Waals surface area contributed by atoms with Crippen LogP contribution in [0.1, 0.15) is 17.2 Å². The van der Waals surface area contributed by atoms with E-state index in [0.29, 0.717) is 6.54 Å². The Hall–Kier alpha value is -0.870. The van der Waals surface area contributed by atoms with Gasteiger partial charge in [0.05, 0.1) is 16.6 Å². The van der Waals surface area contributed by atoms with Crippen LogP contribution in [0.2, 0.25) is 5.02 Å². The molecule has 1 aliphatic rings. The van der Waals surface area contributed by atoms with Crippen molar-refractivity contribution in [2.75, 3.05) is 19.6 Å². The third-order valence-corrected chi connectivity index (χ3v) is 4.62. The highest BCUT2D eigenvalue weighted by molar-refractivity contribution is 7.86. The summed E-state index contributed by atoms with van der Waals surface area (Å²) in [5, 5.41) is 7.61. The van der Waals surface area contributed by atoms with E-state index in [1.54, 1.807) is 0 Å². The van der Waals surface area contributed by atoms with Crippen molar-refractivity contribution < 1.29 is 21.6 Å². The van der Waals surface area contributed by atoms with Gasteiger partial charge in [-0.05, 0) is 17.7 Å². The highest BCUT2D eigenvalue weighted by Gasteiger charge is 2.36. The van der Waals surface area contributed by atoms with Crippen molar-refractivity contribution >= 4 is 21.8 Å². The van der Waals surface area contributed by atoms with Crippen LogP contribution in [0, 0.1) is 0 Å². The Morgan fingerprint density at radius 3 is 2.62 bits per heavy atom. The molecule has 10 heteroatoms. The lowest BCUT2D eigenvalue weighted by atomic mass is 10.0. The number of nitrogens with one attached hydrogen (secondary N) is 1. The fourth-order valence-corrected chi connectivity index (χ4v) is 3.36. The quantitative estimate of drug-likeness (QED) is 0.854. The van der Waals surface area contributed by atoms with Gasteiger partial charge in [0.15, 0.2) is 0 Å². The number of rotatable bonds is 2. The molecule has 3 N–H and O–H groups in total. The average molecular weight is 344 g/mol. The van der Waals surface area contributed by atoms with Gasteiger partial charge in [0.25, 0.3) is 10.2 Å². The lowest BCUT2D eigenvalue weighted by Crippen LogP contribution is -2.50. The van der Waals surface area contributed by atoms with Crippen molar-refractivity contribution in [1.82, 2.24) is 9.62 Å². The zero-order chi connectivity index (χ0) is 15.8. The van der Waals surface area contributed by atoms with Crippen LogP contribution in [0.25, 0.3) is 0 Å². The van der Waals surface area contributed by atoms with Crippen LogP contribution in [0.15, 0.2) is 18.2 Å². The Bertz CT molecular complexity index is 636. The van der Waals surface area contributed by atoms with Gasteiger partial charge in [0.2, 0.25) is 0 Å². The van der Waals surface area contributed by atoms with Gasteiger partial charge in [-0.3, -0.25) is 0 Å². The number of nitrogens with zero attached hydrogens (tertiary/aromatic N) is 1. The summed E-state index contributed by atoms with van der Waals surface area (Å²) in [6, 6.07) is 2.54. The molecule has 0 bridgehead atoms. The number of halogens is 4. The van der Waals surface area contributed by atoms with E-state index in [1.165, 1.54) is 6.07 Å². The Balaban J connectivity index is 2.45. The Morgan fingerprint density at radius 1 is 1.38 bits per heavy atom. The fraction of sp³-hybridized carbons (Fsp3) is 0.455. The van der Waals surface area contributed by atoms with E-state index in [2.05, 4.69) is 5.32 Å². The lowest BCUT2D eigenvalue weighted by molar-refractivity contribution is -0.137. The van der Waals surface area contributed by atoms with Gasteiger partial charge in [-0.1, -0.05) is 17.7 Å². The largest absolute Gasteiger partial charge is 0.417 e. The molecule has 1 fully saturated rings. The van der Waals surface area contributed by atoms with Gasteiger partial charge in [0, 0.05) is 19.6 Å². The van der Waals surface area contributed by atoms with E-state index in [4.69, 9.17) is 16.7 Å². The first-order valence-corrected chi connectivity index (χ1v) is 7.86. The van der Waals surface area contributed by atoms with Crippen molar-refractivity contribution in [3.05, 3.63) is 34.3 Å². The summed E-state index contributed by atoms with van der Waals surface area (Å²) in [7, 11) is -4.00. The summed E-state index contributed by atoms with van der Waals surface area (Å²) in [5.41, 5.74) is -0.811. The first-order valence-electron chi connectivity index (χ1n) is 5.97. The van der Waals surface area contributed by atoms with Crippen molar-refractivity contribution in [2.24, 2.45) is 5.14 Å². The Labute approximate surface area is 125 Å². The van der Waals surface area contributed by atoms with Crippen LogP contribution in [0.5, 0.6) is 0 Å². The van der Waals surface area contributed by atoms with Crippen LogP contribution in [-0.4, -0.2) is 32.4 Å². The van der Waals surface area contributed by atoms with Crippen molar-refractivity contribution in [3.8, 4) is 0 Å². The average Bonchev–Trinajstić information content (AvgIpc) is 2.37. The van der Waals surface area contributed by atoms with Gasteiger partial charge in [0.1, 0.15) is 0 Å². The van der Waals surface area contributed by atoms with E-state index >= 15 is 0 Å². The number of piperazine rings is 1. The smallest absolute Gasteiger partial charge is 0.313 e. The number of alkyl halides is 3. The number of benzene rings is 1. The molecule has 1 saturated heterocycles. The first kappa shape index (κ1) is 16.5. The SMILES string of the molecule is NS(=O)(=O)N1CCNCC1c1ccc(Cl)c(C(F)(F)F)c1. The van der Waals surface area contributed by atoms with Crippen LogP contribution < -0.4 is 10.5 Å². The summed E-state index contributed by atoms with van der Waals surface area (Å²) >= 11 is 5.55. The van der Waals surface area contributed by atoms with Gasteiger partial charge in [-0.15, -0.1) is 0 Å². The highest BCUT2D eigenvalue weighted by atomic mass is 35.5. The molecule has 0 spiro atoms. The molecular weight excluding hydrogens is 331 g/mol. The van der Waals surface area contributed by atoms with Crippen molar-refractivity contribution in [2.45, 2.75) is 12.2 Å². The zero-order valence-electron chi connectivity index (χ0n) is 10.7. The monoisotopic (exact) mass is 343 g/mol. The molecule has 1 unspecified atom stereocenters. The van der Waals surface area contributed by atoms with Crippen LogP contribution >= 0.6 is 11.6 Å². The molecule has 1 aromatic rings. The molecule has 1 heterocycles. The third-order valence-electron chi connectivity index (χ3n) is 3.20. The second-order valence-electron chi connectivity index (χ2n) is 4.61. The lowest BCUT2D eigenvalue weighted by Gasteiger charge is -2.34. The number of hydrogen-bond acceptors (Lipinski definition) is 3. The fourth-order valence-electron chi connectivity index (χ4n) is 2.24. The molecule has 118 valence electrons. The summed E-state index contributed by atoms with van der Waals surface area (Å²) in [6.07, 6.45) is -4.61. The predicted molar refractivity (Wildman–Crippen MR) is 71.9 cm³/mol. The number of hydrogen-bond donors (Lipinski definition) is 2. The molecule has 1 aliphatic heterocycles. The second-order valence-corrected chi connectivity index (χ2v) is 6.52. The van der Waals surface area contributed by atoms with Gasteiger partial charge >= 0.3 is 6.18 Å².